The number of hydrogen-bond donors (Lipinski definition) is 0. The minimum atomic E-state index is -0.192. The molecule has 4 heteroatoms. The molecule has 0 aromatic carbocycles. The quantitative estimate of drug-likeness (QED) is 0.490. The monoisotopic (exact) mass is 260 g/mol. The lowest BCUT2D eigenvalue weighted by Gasteiger charge is -2.27. The topological polar surface area (TPSA) is 52.6 Å². The fraction of sp³-hybridized carbons (Fsp3) is 0.600. The number of ether oxygens (including phenoxy) is 2. The standard InChI is InChI=1S/C15H16O4/c1-6-5-10-12-9(15(17)18-10)4-3-8-7(2)14(16)19-13(8)11(6)12/h4-5,7-8,10-13H,3H2,1-2H3. The molecule has 2 saturated heterocycles. The van der Waals surface area contributed by atoms with Gasteiger partial charge in [-0.25, -0.2) is 4.79 Å². The van der Waals surface area contributed by atoms with Gasteiger partial charge in [-0.1, -0.05) is 18.6 Å². The van der Waals surface area contributed by atoms with Crippen molar-refractivity contribution in [2.24, 2.45) is 23.7 Å². The van der Waals surface area contributed by atoms with Gasteiger partial charge in [-0.2, -0.15) is 0 Å². The third-order valence-corrected chi connectivity index (χ3v) is 5.18. The molecule has 0 radical (unpaired) electrons. The van der Waals surface area contributed by atoms with E-state index in [-0.39, 0.29) is 47.8 Å². The minimum absolute atomic E-state index is 0.0561. The Balaban J connectivity index is 1.82. The summed E-state index contributed by atoms with van der Waals surface area (Å²) in [6, 6.07) is 0. The number of esters is 2. The van der Waals surface area contributed by atoms with E-state index in [9.17, 15) is 9.59 Å². The first-order valence-corrected chi connectivity index (χ1v) is 6.88. The van der Waals surface area contributed by atoms with Crippen molar-refractivity contribution in [1.29, 1.82) is 0 Å². The molecular weight excluding hydrogens is 244 g/mol. The average molecular weight is 260 g/mol. The molecule has 2 aliphatic carbocycles. The van der Waals surface area contributed by atoms with Crippen molar-refractivity contribution in [1.82, 2.24) is 0 Å². The summed E-state index contributed by atoms with van der Waals surface area (Å²) in [7, 11) is 0. The van der Waals surface area contributed by atoms with Crippen molar-refractivity contribution < 1.29 is 19.1 Å². The molecular formula is C15H16O4. The predicted octanol–water partition coefficient (Wildman–Crippen LogP) is 1.61. The van der Waals surface area contributed by atoms with E-state index < -0.39 is 0 Å². The largest absolute Gasteiger partial charge is 0.461 e. The molecule has 0 bridgehead atoms. The fourth-order valence-electron chi connectivity index (χ4n) is 4.18. The van der Waals surface area contributed by atoms with Crippen LogP contribution in [0, 0.1) is 23.7 Å². The molecule has 2 fully saturated rings. The van der Waals surface area contributed by atoms with E-state index in [2.05, 4.69) is 0 Å². The SMILES string of the molecule is CC1=CC2OC(=O)C3=CCC4C(C)C(=O)OC4C1C32. The van der Waals surface area contributed by atoms with Crippen LogP contribution in [-0.4, -0.2) is 24.1 Å². The summed E-state index contributed by atoms with van der Waals surface area (Å²) >= 11 is 0. The summed E-state index contributed by atoms with van der Waals surface area (Å²) in [6.07, 6.45) is 4.48. The first-order valence-electron chi connectivity index (χ1n) is 6.88. The number of fused-ring (bicyclic) bond motifs is 2. The zero-order chi connectivity index (χ0) is 13.3. The Morgan fingerprint density at radius 2 is 2.00 bits per heavy atom. The van der Waals surface area contributed by atoms with Crippen molar-refractivity contribution in [3.63, 3.8) is 0 Å². The summed E-state index contributed by atoms with van der Waals surface area (Å²) < 4.78 is 11.0. The fourth-order valence-corrected chi connectivity index (χ4v) is 4.18. The number of carbonyl (C=O) groups excluding carboxylic acids is 2. The molecule has 4 nitrogen and oxygen atoms in total. The molecule has 0 N–H and O–H groups in total. The van der Waals surface area contributed by atoms with Crippen LogP contribution in [0.4, 0.5) is 0 Å². The van der Waals surface area contributed by atoms with Crippen molar-refractivity contribution in [3.8, 4) is 0 Å². The molecule has 2 heterocycles. The van der Waals surface area contributed by atoms with Gasteiger partial charge in [-0.3, -0.25) is 4.79 Å². The van der Waals surface area contributed by atoms with Crippen molar-refractivity contribution >= 4 is 11.9 Å². The third kappa shape index (κ3) is 1.29. The van der Waals surface area contributed by atoms with Gasteiger partial charge in [0.1, 0.15) is 12.2 Å². The van der Waals surface area contributed by atoms with E-state index in [1.807, 2.05) is 26.0 Å². The van der Waals surface area contributed by atoms with Gasteiger partial charge in [0, 0.05) is 23.3 Å². The minimum Gasteiger partial charge on any atom is -0.461 e. The van der Waals surface area contributed by atoms with Gasteiger partial charge in [0.15, 0.2) is 0 Å². The number of allylic oxidation sites excluding steroid dienone is 1. The Morgan fingerprint density at radius 1 is 1.21 bits per heavy atom. The van der Waals surface area contributed by atoms with Crippen LogP contribution < -0.4 is 0 Å². The zero-order valence-corrected chi connectivity index (χ0v) is 11.0. The normalized spacial score (nSPS) is 46.8. The maximum Gasteiger partial charge on any atom is 0.334 e. The second-order valence-corrected chi connectivity index (χ2v) is 6.08. The van der Waals surface area contributed by atoms with Crippen LogP contribution in [0.1, 0.15) is 20.3 Å². The van der Waals surface area contributed by atoms with Crippen LogP contribution in [0.3, 0.4) is 0 Å². The molecule has 0 amide bonds. The van der Waals surface area contributed by atoms with Gasteiger partial charge < -0.3 is 9.47 Å². The molecule has 0 aromatic rings. The Hall–Kier alpha value is -1.58. The van der Waals surface area contributed by atoms with E-state index in [1.165, 1.54) is 5.57 Å². The molecule has 4 rings (SSSR count). The van der Waals surface area contributed by atoms with Gasteiger partial charge in [-0.15, -0.1) is 0 Å². The summed E-state index contributed by atoms with van der Waals surface area (Å²) in [5.41, 5.74) is 1.98. The van der Waals surface area contributed by atoms with E-state index >= 15 is 0 Å². The third-order valence-electron chi connectivity index (χ3n) is 5.18. The predicted molar refractivity (Wildman–Crippen MR) is 65.9 cm³/mol. The highest BCUT2D eigenvalue weighted by Crippen LogP contribution is 2.52. The molecule has 4 aliphatic rings. The lowest BCUT2D eigenvalue weighted by molar-refractivity contribution is -0.146. The summed E-state index contributed by atoms with van der Waals surface area (Å²) in [5.74, 6) is -0.0187. The van der Waals surface area contributed by atoms with Gasteiger partial charge in [-0.05, 0) is 19.4 Å². The van der Waals surface area contributed by atoms with E-state index in [1.54, 1.807) is 0 Å². The molecule has 2 aliphatic heterocycles. The maximum absolute atomic E-state index is 11.9. The van der Waals surface area contributed by atoms with Crippen LogP contribution in [-0.2, 0) is 19.1 Å². The smallest absolute Gasteiger partial charge is 0.334 e. The number of rotatable bonds is 0. The second-order valence-electron chi connectivity index (χ2n) is 6.08. The van der Waals surface area contributed by atoms with E-state index in [0.717, 1.165) is 12.0 Å². The highest BCUT2D eigenvalue weighted by molar-refractivity contribution is 5.92. The van der Waals surface area contributed by atoms with Crippen LogP contribution in [0.25, 0.3) is 0 Å². The molecule has 100 valence electrons. The van der Waals surface area contributed by atoms with Gasteiger partial charge >= 0.3 is 11.9 Å². The van der Waals surface area contributed by atoms with Gasteiger partial charge in [0.2, 0.25) is 0 Å². The van der Waals surface area contributed by atoms with Crippen LogP contribution in [0.2, 0.25) is 0 Å². The molecule has 19 heavy (non-hydrogen) atoms. The average Bonchev–Trinajstić information content (AvgIpc) is 2.86. The number of carbonyl (C=O) groups is 2. The van der Waals surface area contributed by atoms with Crippen LogP contribution in [0.5, 0.6) is 0 Å². The molecule has 0 aromatic heterocycles. The van der Waals surface area contributed by atoms with Crippen LogP contribution in [0.15, 0.2) is 23.3 Å². The summed E-state index contributed by atoms with van der Waals surface area (Å²) in [4.78, 5) is 23.7. The van der Waals surface area contributed by atoms with Crippen molar-refractivity contribution in [2.45, 2.75) is 32.5 Å². The maximum atomic E-state index is 11.9. The lowest BCUT2D eigenvalue weighted by Crippen LogP contribution is -2.32. The summed E-state index contributed by atoms with van der Waals surface area (Å²) in [6.45, 7) is 3.98. The Bertz CT molecular complexity index is 544. The van der Waals surface area contributed by atoms with Crippen LogP contribution >= 0.6 is 0 Å². The van der Waals surface area contributed by atoms with E-state index in [4.69, 9.17) is 9.47 Å². The van der Waals surface area contributed by atoms with E-state index in [0.29, 0.717) is 0 Å². The summed E-state index contributed by atoms with van der Waals surface area (Å²) in [5, 5.41) is 0. The molecule has 6 atom stereocenters. The highest BCUT2D eigenvalue weighted by Gasteiger charge is 2.57. The molecule has 0 spiro atoms. The molecule has 6 unspecified atom stereocenters. The van der Waals surface area contributed by atoms with Gasteiger partial charge in [0.25, 0.3) is 0 Å². The number of hydrogen-bond acceptors (Lipinski definition) is 4. The first-order chi connectivity index (χ1) is 9.08. The Morgan fingerprint density at radius 3 is 2.79 bits per heavy atom. The zero-order valence-electron chi connectivity index (χ0n) is 11.0. The highest BCUT2D eigenvalue weighted by atomic mass is 16.6. The Kier molecular flexibility index (Phi) is 2.07. The molecule has 0 saturated carbocycles. The lowest BCUT2D eigenvalue weighted by atomic mass is 9.78. The van der Waals surface area contributed by atoms with Crippen molar-refractivity contribution in [2.75, 3.05) is 0 Å². The van der Waals surface area contributed by atoms with Gasteiger partial charge in [0.05, 0.1) is 5.92 Å². The first kappa shape index (κ1) is 11.3. The Labute approximate surface area is 111 Å². The van der Waals surface area contributed by atoms with Crippen molar-refractivity contribution in [3.05, 3.63) is 23.3 Å². The second kappa shape index (κ2) is 3.50.